The fraction of sp³-hybridized carbons (Fsp3) is 0.880. The second kappa shape index (κ2) is 36.9. The Morgan fingerprint density at radius 3 is 1.36 bits per heavy atom. The Hall–Kier alpha value is -1.90. The summed E-state index contributed by atoms with van der Waals surface area (Å²) in [5, 5.41) is 22.7. The highest BCUT2D eigenvalue weighted by Crippen LogP contribution is 2.28. The Morgan fingerprint density at radius 2 is 0.983 bits per heavy atom. The molecule has 0 spiro atoms. The van der Waals surface area contributed by atoms with E-state index in [0.29, 0.717) is 45.3 Å². The molecule has 0 aromatic carbocycles. The van der Waals surface area contributed by atoms with E-state index < -0.39 is 12.2 Å². The molecule has 0 saturated heterocycles. The maximum absolute atomic E-state index is 12.6. The smallest absolute Gasteiger partial charge is 0.306 e. The van der Waals surface area contributed by atoms with Crippen LogP contribution in [0.3, 0.4) is 0 Å². The summed E-state index contributed by atoms with van der Waals surface area (Å²) in [6, 6.07) is 0.0477. The van der Waals surface area contributed by atoms with Crippen molar-refractivity contribution >= 4 is 11.9 Å². The molecule has 0 fully saturated rings. The van der Waals surface area contributed by atoms with E-state index in [-0.39, 0.29) is 35.6 Å². The molecule has 0 aromatic heterocycles. The molecule has 58 heavy (non-hydrogen) atoms. The highest BCUT2D eigenvalue weighted by atomic mass is 16.5. The highest BCUT2D eigenvalue weighted by Gasteiger charge is 2.33. The first-order valence-corrected chi connectivity index (χ1v) is 24.4. The van der Waals surface area contributed by atoms with Crippen molar-refractivity contribution in [3.63, 3.8) is 0 Å². The van der Waals surface area contributed by atoms with Crippen LogP contribution in [0.15, 0.2) is 25.1 Å². The average molecular weight is 821 g/mol. The molecule has 0 heterocycles. The molecule has 5 atom stereocenters. The predicted octanol–water partition coefficient (Wildman–Crippen LogP) is 12.8. The van der Waals surface area contributed by atoms with Crippen molar-refractivity contribution in [3.05, 3.63) is 25.1 Å². The van der Waals surface area contributed by atoms with Crippen molar-refractivity contribution in [2.75, 3.05) is 19.6 Å². The van der Waals surface area contributed by atoms with Crippen LogP contribution < -0.4 is 0 Å². The molecule has 0 aromatic rings. The quantitative estimate of drug-likeness (QED) is 0.0466. The zero-order valence-corrected chi connectivity index (χ0v) is 39.5. The van der Waals surface area contributed by atoms with Gasteiger partial charge >= 0.3 is 11.9 Å². The monoisotopic (exact) mass is 821 g/mol. The number of hydrogen-bond acceptors (Lipinski definition) is 8. The number of carbonyl (C=O) groups is 2. The van der Waals surface area contributed by atoms with Gasteiger partial charge in [-0.2, -0.15) is 0 Å². The molecule has 0 aliphatic heterocycles. The van der Waals surface area contributed by atoms with Crippen LogP contribution in [0.1, 0.15) is 229 Å². The number of aliphatic hydroxyl groups is 2. The van der Waals surface area contributed by atoms with Gasteiger partial charge in [0.1, 0.15) is 12.2 Å². The summed E-state index contributed by atoms with van der Waals surface area (Å²) >= 11 is 0. The van der Waals surface area contributed by atoms with Crippen molar-refractivity contribution in [1.29, 1.82) is 0 Å². The van der Waals surface area contributed by atoms with Gasteiger partial charge in [-0.15, -0.1) is 0 Å². The van der Waals surface area contributed by atoms with Crippen molar-refractivity contribution in [2.24, 2.45) is 5.41 Å². The van der Waals surface area contributed by atoms with Crippen molar-refractivity contribution in [3.8, 4) is 0 Å². The summed E-state index contributed by atoms with van der Waals surface area (Å²) in [4.78, 5) is 29.6. The van der Waals surface area contributed by atoms with Gasteiger partial charge in [-0.05, 0) is 88.4 Å². The van der Waals surface area contributed by atoms with Gasteiger partial charge in [-0.1, -0.05) is 158 Å². The van der Waals surface area contributed by atoms with Crippen LogP contribution in [-0.4, -0.2) is 82.0 Å². The molecule has 0 aliphatic rings. The summed E-state index contributed by atoms with van der Waals surface area (Å²) in [5.74, 6) is -0.196. The summed E-state index contributed by atoms with van der Waals surface area (Å²) in [6.07, 6.45) is 31.5. The first kappa shape index (κ1) is 56.1. The zero-order chi connectivity index (χ0) is 43.4. The lowest BCUT2D eigenvalue weighted by molar-refractivity contribution is -0.150. The van der Waals surface area contributed by atoms with Crippen LogP contribution >= 0.6 is 0 Å². The topological polar surface area (TPSA) is 99.5 Å². The number of rotatable bonds is 40. The van der Waals surface area contributed by atoms with Gasteiger partial charge < -0.3 is 24.6 Å². The van der Waals surface area contributed by atoms with Gasteiger partial charge in [0.2, 0.25) is 0 Å². The number of unbranched alkanes of at least 4 members (excludes halogenated alkanes) is 14. The Labute approximate surface area is 359 Å². The first-order chi connectivity index (χ1) is 27.8. The third kappa shape index (κ3) is 31.0. The lowest BCUT2D eigenvalue weighted by Gasteiger charge is -2.43. The molecule has 5 unspecified atom stereocenters. The van der Waals surface area contributed by atoms with Gasteiger partial charge in [-0.3, -0.25) is 14.5 Å². The summed E-state index contributed by atoms with van der Waals surface area (Å²) in [5.41, 5.74) is -0.127. The van der Waals surface area contributed by atoms with E-state index in [1.54, 1.807) is 0 Å². The molecule has 0 rings (SSSR count). The highest BCUT2D eigenvalue weighted by molar-refractivity contribution is 5.69. The number of aliphatic hydroxyl groups excluding tert-OH is 2. The van der Waals surface area contributed by atoms with Crippen LogP contribution in [0.25, 0.3) is 0 Å². The third-order valence-electron chi connectivity index (χ3n) is 11.6. The number of nitrogens with zero attached hydrogens (tertiary/aromatic N) is 2. The minimum absolute atomic E-state index is 0.0221. The molecule has 2 N–H and O–H groups in total. The molecule has 0 saturated carbocycles. The summed E-state index contributed by atoms with van der Waals surface area (Å²) < 4.78 is 11.6. The lowest BCUT2D eigenvalue weighted by Crippen LogP contribution is -2.53. The molecule has 0 bridgehead atoms. The van der Waals surface area contributed by atoms with E-state index in [4.69, 9.17) is 9.47 Å². The van der Waals surface area contributed by atoms with Gasteiger partial charge in [0.05, 0.1) is 12.2 Å². The molecule has 8 nitrogen and oxygen atoms in total. The van der Waals surface area contributed by atoms with E-state index in [9.17, 15) is 19.8 Å². The van der Waals surface area contributed by atoms with Crippen LogP contribution in [0, 0.1) is 5.41 Å². The number of hydrogen-bond donors (Lipinski definition) is 2. The zero-order valence-electron chi connectivity index (χ0n) is 39.5. The van der Waals surface area contributed by atoms with Crippen molar-refractivity contribution in [1.82, 2.24) is 9.80 Å². The molecule has 0 aliphatic carbocycles. The minimum Gasteiger partial charge on any atom is -0.462 e. The number of ether oxygens (including phenoxy) is 2. The van der Waals surface area contributed by atoms with Crippen molar-refractivity contribution < 1.29 is 29.3 Å². The van der Waals surface area contributed by atoms with E-state index in [1.165, 1.54) is 64.2 Å². The fourth-order valence-electron chi connectivity index (χ4n) is 7.77. The maximum Gasteiger partial charge on any atom is 0.306 e. The van der Waals surface area contributed by atoms with E-state index >= 15 is 0 Å². The Morgan fingerprint density at radius 1 is 0.586 bits per heavy atom. The second-order valence-corrected chi connectivity index (χ2v) is 18.2. The molecular formula is C50H96N2O6. The normalized spacial score (nSPS) is 14.7. The van der Waals surface area contributed by atoms with Crippen LogP contribution in [0.5, 0.6) is 0 Å². The maximum atomic E-state index is 12.6. The van der Waals surface area contributed by atoms with Gasteiger partial charge in [0.15, 0.2) is 0 Å². The first-order valence-electron chi connectivity index (χ1n) is 24.4. The Bertz CT molecular complexity index is 957. The standard InChI is InChI=1S/C50H96N2O6/c1-10-16-19-21-23-29-35-45(13-4)57-48(55)37-31-25-27-33-43(53)40-52(47(50(7,8)9)42-51(15-6)39-18-12-3)41-44(54)34-28-26-32-38-49(56)58-46(14-5)36-30-24-22-20-17-11-2/h15,18,39,43-47,53-54H,6,10-14,16-17,19-38,40-42H2,1-5,7-9H3/b39-18-. The fourth-order valence-corrected chi connectivity index (χ4v) is 7.77. The third-order valence-corrected chi connectivity index (χ3v) is 11.6. The summed E-state index contributed by atoms with van der Waals surface area (Å²) in [6.45, 7) is 23.1. The molecule has 0 radical (unpaired) electrons. The van der Waals surface area contributed by atoms with Crippen molar-refractivity contribution in [2.45, 2.75) is 259 Å². The number of esters is 2. The number of allylic oxidation sites excluding steroid dienone is 1. The SMILES string of the molecule is C=CN(/C=C\CC)CC(N(CC(O)CCCCCC(=O)OC(CC)CCCCCCCC)CC(O)CCCCCC(=O)OC(CC)CCCCCCCC)C(C)(C)C. The number of carbonyl (C=O) groups excluding carboxylic acids is 2. The van der Waals surface area contributed by atoms with Crippen LogP contribution in [-0.2, 0) is 19.1 Å². The van der Waals surface area contributed by atoms with Gasteiger partial charge in [-0.25, -0.2) is 0 Å². The second-order valence-electron chi connectivity index (χ2n) is 18.2. The van der Waals surface area contributed by atoms with E-state index in [2.05, 4.69) is 84.0 Å². The molecule has 0 amide bonds. The predicted molar refractivity (Wildman–Crippen MR) is 246 cm³/mol. The molecule has 8 heteroatoms. The average Bonchev–Trinajstić information content (AvgIpc) is 3.18. The van der Waals surface area contributed by atoms with E-state index in [0.717, 1.165) is 83.5 Å². The van der Waals surface area contributed by atoms with Gasteiger partial charge in [0, 0.05) is 38.5 Å². The van der Waals surface area contributed by atoms with E-state index in [1.807, 2.05) is 6.20 Å². The van der Waals surface area contributed by atoms with Gasteiger partial charge in [0.25, 0.3) is 0 Å². The Balaban J connectivity index is 5.07. The van der Waals surface area contributed by atoms with Crippen LogP contribution in [0.4, 0.5) is 0 Å². The molecule has 342 valence electrons. The minimum atomic E-state index is -0.548. The Kier molecular flexibility index (Phi) is 35.7. The summed E-state index contributed by atoms with van der Waals surface area (Å²) in [7, 11) is 0. The lowest BCUT2D eigenvalue weighted by atomic mass is 9.84. The van der Waals surface area contributed by atoms with Crippen LogP contribution in [0.2, 0.25) is 0 Å². The largest absolute Gasteiger partial charge is 0.462 e. The molecular weight excluding hydrogens is 725 g/mol.